The Kier molecular flexibility index (Phi) is 8.29. The Balaban J connectivity index is 1.12. The number of phenolic OH excluding ortho intramolecular Hbond substituents is 1. The van der Waals surface area contributed by atoms with Crippen molar-refractivity contribution in [3.63, 3.8) is 0 Å². The zero-order valence-electron chi connectivity index (χ0n) is 23.7. The minimum atomic E-state index is -0.0273. The molecule has 1 aliphatic carbocycles. The number of likely N-dealkylation sites (tertiary alicyclic amines) is 1. The molecule has 3 unspecified atom stereocenters. The molecule has 1 aromatic heterocycles. The summed E-state index contributed by atoms with van der Waals surface area (Å²) in [6, 6.07) is 21.6. The summed E-state index contributed by atoms with van der Waals surface area (Å²) in [6.07, 6.45) is 6.95. The number of hydrogen-bond donors (Lipinski definition) is 2. The average molecular weight is 558 g/mol. The maximum Gasteiger partial charge on any atom is 0.221 e. The van der Waals surface area contributed by atoms with E-state index in [2.05, 4.69) is 69.9 Å². The van der Waals surface area contributed by atoms with Gasteiger partial charge in [0.1, 0.15) is 5.75 Å². The largest absolute Gasteiger partial charge is 0.508 e. The van der Waals surface area contributed by atoms with Crippen LogP contribution in [-0.2, 0) is 29.6 Å². The van der Waals surface area contributed by atoms with E-state index in [0.29, 0.717) is 24.1 Å². The number of phenols is 1. The van der Waals surface area contributed by atoms with E-state index in [4.69, 9.17) is 0 Å². The first kappa shape index (κ1) is 27.5. The van der Waals surface area contributed by atoms with Gasteiger partial charge in [0.25, 0.3) is 0 Å². The van der Waals surface area contributed by atoms with Crippen molar-refractivity contribution >= 4 is 17.2 Å². The van der Waals surface area contributed by atoms with Crippen LogP contribution in [0, 0.1) is 5.92 Å². The second kappa shape index (κ2) is 12.1. The number of rotatable bonds is 9. The number of aromatic hydroxyl groups is 1. The van der Waals surface area contributed by atoms with Gasteiger partial charge in [0.15, 0.2) is 0 Å². The van der Waals surface area contributed by atoms with Gasteiger partial charge in [0, 0.05) is 55.0 Å². The predicted molar refractivity (Wildman–Crippen MR) is 163 cm³/mol. The third-order valence-electron chi connectivity index (χ3n) is 9.83. The first-order valence-corrected chi connectivity index (χ1v) is 16.0. The lowest BCUT2D eigenvalue weighted by atomic mass is 9.57. The fraction of sp³-hybridized carbons (Fsp3) is 0.500. The maximum absolute atomic E-state index is 13.3. The highest BCUT2D eigenvalue weighted by atomic mass is 32.1. The van der Waals surface area contributed by atoms with Crippen LogP contribution in [0.2, 0.25) is 0 Å². The smallest absolute Gasteiger partial charge is 0.221 e. The average Bonchev–Trinajstić information content (AvgIpc) is 3.48. The second-order valence-corrected chi connectivity index (χ2v) is 13.4. The molecule has 5 nitrogen and oxygen atoms in total. The third kappa shape index (κ3) is 6.00. The molecule has 1 saturated carbocycles. The van der Waals surface area contributed by atoms with Gasteiger partial charge in [-0.25, -0.2) is 0 Å². The Labute approximate surface area is 243 Å². The summed E-state index contributed by atoms with van der Waals surface area (Å²) in [5.41, 5.74) is 4.05. The number of piperidine rings is 1. The topological polar surface area (TPSA) is 55.8 Å². The molecule has 3 aliphatic rings. The molecular formula is C34H43N3O2S. The lowest BCUT2D eigenvalue weighted by molar-refractivity contribution is -0.123. The van der Waals surface area contributed by atoms with Crippen LogP contribution >= 0.6 is 11.3 Å². The lowest BCUT2D eigenvalue weighted by Gasteiger charge is -2.56. The number of hydrogen-bond acceptors (Lipinski definition) is 5. The molecule has 2 fully saturated rings. The van der Waals surface area contributed by atoms with E-state index >= 15 is 0 Å². The fourth-order valence-corrected chi connectivity index (χ4v) is 8.48. The molecule has 0 spiro atoms. The van der Waals surface area contributed by atoms with E-state index in [-0.39, 0.29) is 17.4 Å². The van der Waals surface area contributed by atoms with E-state index in [9.17, 15) is 9.90 Å². The molecule has 4 atom stereocenters. The van der Waals surface area contributed by atoms with Crippen molar-refractivity contribution in [3.05, 3.63) is 87.6 Å². The van der Waals surface area contributed by atoms with Gasteiger partial charge >= 0.3 is 0 Å². The van der Waals surface area contributed by atoms with Gasteiger partial charge in [-0.05, 0) is 91.3 Å². The van der Waals surface area contributed by atoms with Crippen LogP contribution in [0.5, 0.6) is 5.75 Å². The number of aryl methyl sites for hydroxylation is 1. The van der Waals surface area contributed by atoms with Gasteiger partial charge in [0.05, 0.1) is 0 Å². The van der Waals surface area contributed by atoms with Crippen molar-refractivity contribution in [1.29, 1.82) is 0 Å². The molecule has 6 rings (SSSR count). The highest BCUT2D eigenvalue weighted by Crippen LogP contribution is 2.50. The molecule has 2 aromatic carbocycles. The van der Waals surface area contributed by atoms with Gasteiger partial charge in [-0.1, -0.05) is 49.4 Å². The number of nitrogens with one attached hydrogen (secondary N) is 1. The van der Waals surface area contributed by atoms with Crippen LogP contribution in [-0.4, -0.2) is 59.1 Å². The Hall–Kier alpha value is -2.67. The predicted octanol–water partition coefficient (Wildman–Crippen LogP) is 5.76. The normalized spacial score (nSPS) is 26.8. The van der Waals surface area contributed by atoms with Crippen molar-refractivity contribution in [2.45, 2.75) is 75.9 Å². The summed E-state index contributed by atoms with van der Waals surface area (Å²) in [6.45, 7) is 7.31. The number of carbonyl (C=O) groups excluding carboxylic acids is 1. The SMILES string of the molecule is CC1CN(CCCc2cccs2)C2C[C@H](NC(=O)CCN3CCc4ccccc4C3)CC1(c1cccc(O)c1)C2. The highest BCUT2D eigenvalue weighted by Gasteiger charge is 2.51. The van der Waals surface area contributed by atoms with Crippen molar-refractivity contribution < 1.29 is 9.90 Å². The quantitative estimate of drug-likeness (QED) is 0.351. The zero-order chi connectivity index (χ0) is 27.5. The van der Waals surface area contributed by atoms with Gasteiger partial charge in [-0.15, -0.1) is 11.3 Å². The van der Waals surface area contributed by atoms with Crippen molar-refractivity contribution in [2.24, 2.45) is 5.92 Å². The summed E-state index contributed by atoms with van der Waals surface area (Å²) < 4.78 is 0. The van der Waals surface area contributed by atoms with Gasteiger partial charge in [0.2, 0.25) is 5.91 Å². The number of thiophene rings is 1. The van der Waals surface area contributed by atoms with E-state index in [1.165, 1.54) is 28.0 Å². The lowest BCUT2D eigenvalue weighted by Crippen LogP contribution is -2.61. The number of benzene rings is 2. The number of amides is 1. The van der Waals surface area contributed by atoms with Crippen LogP contribution in [0.15, 0.2) is 66.0 Å². The third-order valence-corrected chi connectivity index (χ3v) is 10.8. The van der Waals surface area contributed by atoms with Crippen molar-refractivity contribution in [3.8, 4) is 5.75 Å². The van der Waals surface area contributed by atoms with Crippen LogP contribution in [0.4, 0.5) is 0 Å². The number of fused-ring (bicyclic) bond motifs is 3. The van der Waals surface area contributed by atoms with Gasteiger partial charge in [-0.3, -0.25) is 14.6 Å². The van der Waals surface area contributed by atoms with Crippen molar-refractivity contribution in [2.75, 3.05) is 26.2 Å². The van der Waals surface area contributed by atoms with Crippen molar-refractivity contribution in [1.82, 2.24) is 15.1 Å². The first-order valence-electron chi connectivity index (χ1n) is 15.1. The molecular weight excluding hydrogens is 514 g/mol. The number of nitrogens with zero attached hydrogens (tertiary/aromatic N) is 2. The molecule has 2 bridgehead atoms. The molecule has 2 aliphatic heterocycles. The van der Waals surface area contributed by atoms with Gasteiger partial charge < -0.3 is 10.4 Å². The first-order chi connectivity index (χ1) is 19.5. The minimum absolute atomic E-state index is 0.0273. The summed E-state index contributed by atoms with van der Waals surface area (Å²) in [5, 5.41) is 16.0. The van der Waals surface area contributed by atoms with E-state index in [0.717, 1.165) is 64.8 Å². The fourth-order valence-electron chi connectivity index (χ4n) is 7.73. The Morgan fingerprint density at radius 3 is 2.77 bits per heavy atom. The van der Waals surface area contributed by atoms with Gasteiger partial charge in [-0.2, -0.15) is 0 Å². The molecule has 0 radical (unpaired) electrons. The molecule has 212 valence electrons. The van der Waals surface area contributed by atoms with Crippen LogP contribution in [0.3, 0.4) is 0 Å². The zero-order valence-corrected chi connectivity index (χ0v) is 24.5. The highest BCUT2D eigenvalue weighted by molar-refractivity contribution is 7.09. The molecule has 1 amide bonds. The summed E-state index contributed by atoms with van der Waals surface area (Å²) in [5.74, 6) is 0.954. The second-order valence-electron chi connectivity index (χ2n) is 12.4. The standard InChI is InChI=1S/C34H43N3O2S/c1-25-23-37(15-5-11-32-12-6-18-40-32)30-20-29(21-34(25,22-30)28-9-4-10-31(38)19-28)35-33(39)14-17-36-16-13-26-7-2-3-8-27(26)24-36/h2-4,6-10,12,18-19,25,29-30,38H,5,11,13-17,20-24H2,1H3,(H,35,39)/t25?,29-,30?,34?/m0/s1. The van der Waals surface area contributed by atoms with E-state index in [1.54, 1.807) is 6.07 Å². The van der Waals surface area contributed by atoms with Crippen LogP contribution in [0.25, 0.3) is 0 Å². The maximum atomic E-state index is 13.3. The molecule has 1 saturated heterocycles. The Morgan fingerprint density at radius 1 is 1.07 bits per heavy atom. The van der Waals surface area contributed by atoms with Crippen LogP contribution < -0.4 is 5.32 Å². The summed E-state index contributed by atoms with van der Waals surface area (Å²) in [7, 11) is 0. The van der Waals surface area contributed by atoms with E-state index in [1.807, 2.05) is 23.5 Å². The monoisotopic (exact) mass is 557 g/mol. The minimum Gasteiger partial charge on any atom is -0.508 e. The molecule has 2 N–H and O–H groups in total. The summed E-state index contributed by atoms with van der Waals surface area (Å²) in [4.78, 5) is 19.9. The molecule has 6 heteroatoms. The molecule has 3 aromatic rings. The van der Waals surface area contributed by atoms with Crippen LogP contribution in [0.1, 0.15) is 60.6 Å². The Morgan fingerprint density at radius 2 is 1.95 bits per heavy atom. The summed E-state index contributed by atoms with van der Waals surface area (Å²) >= 11 is 1.85. The number of carbonyl (C=O) groups is 1. The Bertz CT molecular complexity index is 1290. The molecule has 40 heavy (non-hydrogen) atoms. The molecule has 3 heterocycles. The van der Waals surface area contributed by atoms with E-state index < -0.39 is 0 Å².